The first-order valence-corrected chi connectivity index (χ1v) is 11.0. The predicted molar refractivity (Wildman–Crippen MR) is 118 cm³/mol. The number of imide groups is 1. The van der Waals surface area contributed by atoms with Gasteiger partial charge in [-0.2, -0.15) is 0 Å². The lowest BCUT2D eigenvalue weighted by Crippen LogP contribution is -2.72. The summed E-state index contributed by atoms with van der Waals surface area (Å²) in [6.07, 6.45) is 5.11. The zero-order valence-electron chi connectivity index (χ0n) is 18.1. The van der Waals surface area contributed by atoms with Crippen molar-refractivity contribution in [2.24, 2.45) is 11.1 Å². The number of nitrogens with two attached hydrogens (primary N) is 1. The molecular weight excluding hydrogens is 390 g/mol. The zero-order chi connectivity index (χ0) is 21.9. The summed E-state index contributed by atoms with van der Waals surface area (Å²) in [5.41, 5.74) is 8.59. The number of carbonyl (C=O) groups excluding carboxylic acids is 2. The Morgan fingerprint density at radius 2 is 1.77 bits per heavy atom. The molecule has 2 fully saturated rings. The summed E-state index contributed by atoms with van der Waals surface area (Å²) in [6.45, 7) is 2.98. The number of carbonyl (C=O) groups is 2. The number of hydrogen-bond donors (Lipinski definition) is 3. The molecule has 2 aliphatic heterocycles. The summed E-state index contributed by atoms with van der Waals surface area (Å²) >= 11 is 0. The smallest absolute Gasteiger partial charge is 0.259 e. The molecule has 6 nitrogen and oxygen atoms in total. The zero-order valence-corrected chi connectivity index (χ0v) is 18.1. The molecule has 162 valence electrons. The predicted octanol–water partition coefficient (Wildman–Crippen LogP) is 3.20. The minimum Gasteiger partial charge on any atom is -0.497 e. The Kier molecular flexibility index (Phi) is 4.50. The third kappa shape index (κ3) is 2.58. The molecule has 3 atom stereocenters. The average Bonchev–Trinajstić information content (AvgIpc) is 3.08. The van der Waals surface area contributed by atoms with Crippen molar-refractivity contribution in [3.63, 3.8) is 0 Å². The molecule has 5 rings (SSSR count). The van der Waals surface area contributed by atoms with Crippen LogP contribution in [0.5, 0.6) is 5.75 Å². The SMILES string of the molecule is COc1cccc(C23CCCCC2(C)C(N)(c2cccc4c2C(=O)NC4=O)NCC3)c1. The highest BCUT2D eigenvalue weighted by atomic mass is 16.5. The van der Waals surface area contributed by atoms with Crippen LogP contribution in [0.1, 0.15) is 70.9 Å². The highest BCUT2D eigenvalue weighted by molar-refractivity contribution is 6.22. The summed E-state index contributed by atoms with van der Waals surface area (Å²) in [5, 5.41) is 6.04. The summed E-state index contributed by atoms with van der Waals surface area (Å²) < 4.78 is 5.54. The summed E-state index contributed by atoms with van der Waals surface area (Å²) in [5.74, 6) is 0.125. The van der Waals surface area contributed by atoms with E-state index in [1.807, 2.05) is 24.3 Å². The van der Waals surface area contributed by atoms with Crippen molar-refractivity contribution in [1.29, 1.82) is 0 Å². The van der Waals surface area contributed by atoms with Crippen LogP contribution in [0.3, 0.4) is 0 Å². The van der Waals surface area contributed by atoms with Gasteiger partial charge in [0.25, 0.3) is 11.8 Å². The number of fused-ring (bicyclic) bond motifs is 2. The first-order chi connectivity index (χ1) is 14.9. The van der Waals surface area contributed by atoms with Gasteiger partial charge in [0.05, 0.1) is 23.9 Å². The number of nitrogens with one attached hydrogen (secondary N) is 2. The molecular formula is C25H29N3O3. The lowest BCUT2D eigenvalue weighted by molar-refractivity contribution is -0.0638. The lowest BCUT2D eigenvalue weighted by atomic mass is 9.46. The molecule has 1 aliphatic carbocycles. The maximum Gasteiger partial charge on any atom is 0.259 e. The fourth-order valence-corrected chi connectivity index (χ4v) is 6.53. The minimum atomic E-state index is -0.956. The van der Waals surface area contributed by atoms with Gasteiger partial charge in [0.15, 0.2) is 0 Å². The van der Waals surface area contributed by atoms with Gasteiger partial charge in [-0.1, -0.05) is 44.0 Å². The Balaban J connectivity index is 1.73. The molecule has 1 saturated heterocycles. The number of benzene rings is 2. The van der Waals surface area contributed by atoms with Crippen LogP contribution in [-0.4, -0.2) is 25.5 Å². The highest BCUT2D eigenvalue weighted by Crippen LogP contribution is 2.62. The normalized spacial score (nSPS) is 32.2. The third-order valence-electron chi connectivity index (χ3n) is 8.22. The van der Waals surface area contributed by atoms with Crippen molar-refractivity contribution in [2.45, 2.75) is 50.1 Å². The van der Waals surface area contributed by atoms with E-state index in [1.54, 1.807) is 13.2 Å². The Morgan fingerprint density at radius 1 is 1.00 bits per heavy atom. The van der Waals surface area contributed by atoms with Gasteiger partial charge in [-0.15, -0.1) is 0 Å². The molecule has 3 aliphatic rings. The van der Waals surface area contributed by atoms with Crippen LogP contribution in [0.25, 0.3) is 0 Å². The van der Waals surface area contributed by atoms with Gasteiger partial charge in [-0.25, -0.2) is 0 Å². The lowest BCUT2D eigenvalue weighted by Gasteiger charge is -2.64. The number of hydrogen-bond acceptors (Lipinski definition) is 5. The molecule has 0 aromatic heterocycles. The molecule has 0 spiro atoms. The molecule has 6 heteroatoms. The minimum absolute atomic E-state index is 0.165. The largest absolute Gasteiger partial charge is 0.497 e. The van der Waals surface area contributed by atoms with Crippen LogP contribution in [0, 0.1) is 5.41 Å². The molecule has 2 aromatic carbocycles. The van der Waals surface area contributed by atoms with Gasteiger partial charge in [0, 0.05) is 16.4 Å². The van der Waals surface area contributed by atoms with Crippen molar-refractivity contribution in [3.05, 3.63) is 64.7 Å². The van der Waals surface area contributed by atoms with Gasteiger partial charge in [0.1, 0.15) is 5.75 Å². The fourth-order valence-electron chi connectivity index (χ4n) is 6.53. The molecule has 0 bridgehead atoms. The van der Waals surface area contributed by atoms with Gasteiger partial charge in [-0.05, 0) is 49.6 Å². The maximum atomic E-state index is 12.7. The van der Waals surface area contributed by atoms with Gasteiger partial charge >= 0.3 is 0 Å². The Labute approximate surface area is 182 Å². The molecule has 3 unspecified atom stereocenters. The second-order valence-corrected chi connectivity index (χ2v) is 9.35. The van der Waals surface area contributed by atoms with Crippen LogP contribution in [0.2, 0.25) is 0 Å². The van der Waals surface area contributed by atoms with Crippen molar-refractivity contribution in [2.75, 3.05) is 13.7 Å². The van der Waals surface area contributed by atoms with Crippen molar-refractivity contribution in [1.82, 2.24) is 10.6 Å². The van der Waals surface area contributed by atoms with E-state index in [-0.39, 0.29) is 22.6 Å². The number of amides is 2. The van der Waals surface area contributed by atoms with Crippen molar-refractivity contribution in [3.8, 4) is 5.75 Å². The number of methoxy groups -OCH3 is 1. The second-order valence-electron chi connectivity index (χ2n) is 9.35. The van der Waals surface area contributed by atoms with Crippen LogP contribution in [-0.2, 0) is 11.1 Å². The first-order valence-electron chi connectivity index (χ1n) is 11.0. The molecule has 31 heavy (non-hydrogen) atoms. The molecule has 1 saturated carbocycles. The van der Waals surface area contributed by atoms with E-state index in [2.05, 4.69) is 29.7 Å². The van der Waals surface area contributed by atoms with E-state index in [4.69, 9.17) is 10.5 Å². The fraction of sp³-hybridized carbons (Fsp3) is 0.440. The van der Waals surface area contributed by atoms with E-state index >= 15 is 0 Å². The van der Waals surface area contributed by atoms with Crippen LogP contribution < -0.4 is 21.1 Å². The number of ether oxygens (including phenoxy) is 1. The van der Waals surface area contributed by atoms with Gasteiger partial charge < -0.3 is 10.5 Å². The average molecular weight is 420 g/mol. The van der Waals surface area contributed by atoms with E-state index in [0.717, 1.165) is 44.4 Å². The first kappa shape index (κ1) is 20.2. The molecule has 0 radical (unpaired) electrons. The van der Waals surface area contributed by atoms with Crippen LogP contribution in [0.4, 0.5) is 0 Å². The van der Waals surface area contributed by atoms with Crippen molar-refractivity contribution < 1.29 is 14.3 Å². The third-order valence-corrected chi connectivity index (χ3v) is 8.22. The molecule has 2 heterocycles. The van der Waals surface area contributed by atoms with Crippen LogP contribution >= 0.6 is 0 Å². The van der Waals surface area contributed by atoms with E-state index < -0.39 is 5.66 Å². The number of piperidine rings is 1. The maximum absolute atomic E-state index is 12.7. The molecule has 2 amide bonds. The van der Waals surface area contributed by atoms with Crippen LogP contribution in [0.15, 0.2) is 42.5 Å². The Hall–Kier alpha value is -2.70. The quantitative estimate of drug-likeness (QED) is 0.665. The summed E-state index contributed by atoms with van der Waals surface area (Å²) in [4.78, 5) is 25.1. The standard InChI is InChI=1S/C25H29N3O3/c1-23-11-3-4-12-24(23,16-7-5-8-17(15-16)31-2)13-14-27-25(23,26)19-10-6-9-18-20(19)22(30)28-21(18)29/h5-10,15,27H,3-4,11-14,26H2,1-2H3,(H,28,29,30). The van der Waals surface area contributed by atoms with E-state index in [9.17, 15) is 9.59 Å². The molecule has 2 aromatic rings. The topological polar surface area (TPSA) is 93.4 Å². The molecule has 4 N–H and O–H groups in total. The Morgan fingerprint density at radius 3 is 2.58 bits per heavy atom. The number of rotatable bonds is 3. The Bertz CT molecular complexity index is 1080. The van der Waals surface area contributed by atoms with Gasteiger partial charge in [-0.3, -0.25) is 20.2 Å². The van der Waals surface area contributed by atoms with Crippen molar-refractivity contribution >= 4 is 11.8 Å². The van der Waals surface area contributed by atoms with E-state index in [0.29, 0.717) is 16.7 Å². The van der Waals surface area contributed by atoms with E-state index in [1.165, 1.54) is 5.56 Å². The summed E-state index contributed by atoms with van der Waals surface area (Å²) in [6, 6.07) is 13.8. The monoisotopic (exact) mass is 419 g/mol. The second kappa shape index (κ2) is 6.90. The highest BCUT2D eigenvalue weighted by Gasteiger charge is 2.63. The summed E-state index contributed by atoms with van der Waals surface area (Å²) in [7, 11) is 1.69. The van der Waals surface area contributed by atoms with Gasteiger partial charge in [0.2, 0.25) is 0 Å².